The second-order valence-corrected chi connectivity index (χ2v) is 5.87. The highest BCUT2D eigenvalue weighted by Crippen LogP contribution is 2.30. The van der Waals surface area contributed by atoms with Crippen LogP contribution < -0.4 is 5.35 Å². The molecule has 0 bridgehead atoms. The quantitative estimate of drug-likeness (QED) is 0.614. The van der Waals surface area contributed by atoms with E-state index in [0.29, 0.717) is 6.61 Å². The molecule has 0 unspecified atom stereocenters. The fraction of sp³-hybridized carbons (Fsp3) is 0.312. The molecular formula is C16H16N2O. The summed E-state index contributed by atoms with van der Waals surface area (Å²) in [5.74, 6) is 0. The largest absolute Gasteiger partial charge is 0.371 e. The summed E-state index contributed by atoms with van der Waals surface area (Å²) < 4.78 is 8.08. The highest BCUT2D eigenvalue weighted by molar-refractivity contribution is 5.98. The number of hydrogen-bond donors (Lipinski definition) is 0. The lowest BCUT2D eigenvalue weighted by molar-refractivity contribution is 0.0382. The molecule has 0 N–H and O–H groups in total. The molecule has 1 saturated heterocycles. The number of fused-ring (bicyclic) bond motifs is 3. The van der Waals surface area contributed by atoms with E-state index in [1.165, 1.54) is 27.2 Å². The van der Waals surface area contributed by atoms with Crippen molar-refractivity contribution in [3.63, 3.8) is 0 Å². The van der Waals surface area contributed by atoms with Gasteiger partial charge in [0.05, 0.1) is 35.6 Å². The average molecular weight is 252 g/mol. The Morgan fingerprint density at radius 1 is 1.21 bits per heavy atom. The van der Waals surface area contributed by atoms with Crippen molar-refractivity contribution in [2.45, 2.75) is 25.9 Å². The van der Waals surface area contributed by atoms with Gasteiger partial charge in [-0.2, -0.15) is 0 Å². The first-order chi connectivity index (χ1) is 9.16. The second-order valence-electron chi connectivity index (χ2n) is 5.87. The van der Waals surface area contributed by atoms with Crippen LogP contribution in [0.4, 0.5) is 0 Å². The molecule has 19 heavy (non-hydrogen) atoms. The Balaban J connectivity index is 2.18. The molecule has 0 atom stereocenters. The summed E-state index contributed by atoms with van der Waals surface area (Å²) in [4.78, 5) is 4.29. The van der Waals surface area contributed by atoms with Crippen LogP contribution in [0.3, 0.4) is 0 Å². The van der Waals surface area contributed by atoms with Crippen molar-refractivity contribution < 1.29 is 4.74 Å². The molecule has 96 valence electrons. The zero-order valence-electron chi connectivity index (χ0n) is 11.2. The van der Waals surface area contributed by atoms with Crippen LogP contribution in [0.5, 0.6) is 0 Å². The Morgan fingerprint density at radius 2 is 2.00 bits per heavy atom. The average Bonchev–Trinajstić information content (AvgIpc) is 3.03. The molecule has 4 rings (SSSR count). The Labute approximate surface area is 111 Å². The minimum atomic E-state index is -0.0549. The number of imidazole rings is 1. The van der Waals surface area contributed by atoms with E-state index in [-0.39, 0.29) is 5.60 Å². The first-order valence-electron chi connectivity index (χ1n) is 6.64. The van der Waals surface area contributed by atoms with Gasteiger partial charge in [0.15, 0.2) is 0 Å². The molecule has 0 spiro atoms. The summed E-state index contributed by atoms with van der Waals surface area (Å²) in [6.07, 6.45) is 4.82. The van der Waals surface area contributed by atoms with Crippen LogP contribution in [0, 0.1) is 0 Å². The number of hydrogen-bond acceptors (Lipinski definition) is 2. The Morgan fingerprint density at radius 3 is 2.74 bits per heavy atom. The normalized spacial score (nSPS) is 21.6. The van der Waals surface area contributed by atoms with Crippen molar-refractivity contribution in [2.24, 2.45) is 0 Å². The summed E-state index contributed by atoms with van der Waals surface area (Å²) in [5.41, 5.74) is 2.50. The van der Waals surface area contributed by atoms with Gasteiger partial charge in [0.25, 0.3) is 0 Å². The van der Waals surface area contributed by atoms with Gasteiger partial charge in [-0.15, -0.1) is 0 Å². The van der Waals surface area contributed by atoms with Crippen LogP contribution in [-0.2, 0) is 4.74 Å². The van der Waals surface area contributed by atoms with Gasteiger partial charge >= 0.3 is 0 Å². The zero-order valence-corrected chi connectivity index (χ0v) is 11.2. The van der Waals surface area contributed by atoms with E-state index in [2.05, 4.69) is 47.5 Å². The van der Waals surface area contributed by atoms with E-state index in [1.807, 2.05) is 12.5 Å². The van der Waals surface area contributed by atoms with Crippen molar-refractivity contribution in [3.05, 3.63) is 42.1 Å². The Bertz CT molecular complexity index is 829. The minimum absolute atomic E-state index is 0.0549. The summed E-state index contributed by atoms with van der Waals surface area (Å²) >= 11 is 0. The van der Waals surface area contributed by atoms with Gasteiger partial charge in [-0.3, -0.25) is 4.40 Å². The molecule has 1 aliphatic heterocycles. The standard InChI is InChI=1S/C16H16N2O/c1-16(2)7-11(9-19-16)15-13-6-4-3-5-12(13)14-8-17-10-18(14)15/h3-6,8,10H,7,9H2,1-2H3/b15-11+. The Kier molecular flexibility index (Phi) is 2.07. The molecule has 3 aromatic rings. The highest BCUT2D eigenvalue weighted by atomic mass is 16.5. The summed E-state index contributed by atoms with van der Waals surface area (Å²) in [6.45, 7) is 5.01. The lowest BCUT2D eigenvalue weighted by atomic mass is 10.0. The fourth-order valence-corrected chi connectivity index (χ4v) is 3.13. The minimum Gasteiger partial charge on any atom is -0.371 e. The van der Waals surface area contributed by atoms with Crippen LogP contribution in [0.25, 0.3) is 21.9 Å². The summed E-state index contributed by atoms with van der Waals surface area (Å²) in [6, 6.07) is 8.53. The molecule has 3 heteroatoms. The van der Waals surface area contributed by atoms with Gasteiger partial charge in [0.1, 0.15) is 0 Å². The molecule has 0 radical (unpaired) electrons. The molecule has 2 aromatic heterocycles. The second kappa shape index (κ2) is 3.58. The lowest BCUT2D eigenvalue weighted by Gasteiger charge is -2.14. The van der Waals surface area contributed by atoms with Crippen molar-refractivity contribution >= 4 is 21.9 Å². The molecule has 3 heterocycles. The predicted molar refractivity (Wildman–Crippen MR) is 76.0 cm³/mol. The van der Waals surface area contributed by atoms with E-state index >= 15 is 0 Å². The number of rotatable bonds is 0. The molecule has 0 aliphatic carbocycles. The summed E-state index contributed by atoms with van der Waals surface area (Å²) in [5, 5.41) is 3.84. The van der Waals surface area contributed by atoms with E-state index in [9.17, 15) is 0 Å². The van der Waals surface area contributed by atoms with Crippen molar-refractivity contribution in [2.75, 3.05) is 6.61 Å². The van der Waals surface area contributed by atoms with Crippen LogP contribution in [-0.4, -0.2) is 21.6 Å². The molecule has 3 nitrogen and oxygen atoms in total. The van der Waals surface area contributed by atoms with Crippen LogP contribution in [0.15, 0.2) is 36.8 Å². The first-order valence-corrected chi connectivity index (χ1v) is 6.64. The van der Waals surface area contributed by atoms with Crippen molar-refractivity contribution in [3.8, 4) is 0 Å². The van der Waals surface area contributed by atoms with Crippen molar-refractivity contribution in [1.82, 2.24) is 9.38 Å². The third-order valence-corrected chi connectivity index (χ3v) is 3.95. The topological polar surface area (TPSA) is 26.5 Å². The number of benzene rings is 1. The van der Waals surface area contributed by atoms with Gasteiger partial charge in [0.2, 0.25) is 0 Å². The predicted octanol–water partition coefficient (Wildman–Crippen LogP) is 2.56. The lowest BCUT2D eigenvalue weighted by Crippen LogP contribution is -2.17. The fourth-order valence-electron chi connectivity index (χ4n) is 3.13. The zero-order chi connectivity index (χ0) is 13.0. The van der Waals surface area contributed by atoms with E-state index in [4.69, 9.17) is 4.74 Å². The molecule has 1 aliphatic rings. The summed E-state index contributed by atoms with van der Waals surface area (Å²) in [7, 11) is 0. The van der Waals surface area contributed by atoms with Crippen LogP contribution in [0.2, 0.25) is 0 Å². The number of ether oxygens (including phenoxy) is 1. The molecule has 1 fully saturated rings. The Hall–Kier alpha value is -1.87. The van der Waals surface area contributed by atoms with Crippen LogP contribution in [0.1, 0.15) is 20.3 Å². The third-order valence-electron chi connectivity index (χ3n) is 3.95. The third kappa shape index (κ3) is 1.51. The maximum atomic E-state index is 5.88. The van der Waals surface area contributed by atoms with Crippen molar-refractivity contribution in [1.29, 1.82) is 0 Å². The van der Waals surface area contributed by atoms with Gasteiger partial charge in [-0.25, -0.2) is 4.98 Å². The van der Waals surface area contributed by atoms with Gasteiger partial charge in [-0.1, -0.05) is 24.3 Å². The van der Waals surface area contributed by atoms with Gasteiger partial charge in [0, 0.05) is 17.2 Å². The molecule has 0 saturated carbocycles. The van der Waals surface area contributed by atoms with Crippen LogP contribution >= 0.6 is 0 Å². The molecule has 0 amide bonds. The maximum Gasteiger partial charge on any atom is 0.0997 e. The number of aromatic nitrogens is 2. The highest BCUT2D eigenvalue weighted by Gasteiger charge is 2.29. The van der Waals surface area contributed by atoms with E-state index in [1.54, 1.807) is 0 Å². The maximum absolute atomic E-state index is 5.88. The monoisotopic (exact) mass is 252 g/mol. The molecule has 1 aromatic carbocycles. The molecular weight excluding hydrogens is 236 g/mol. The smallest absolute Gasteiger partial charge is 0.0997 e. The van der Waals surface area contributed by atoms with E-state index < -0.39 is 0 Å². The van der Waals surface area contributed by atoms with Gasteiger partial charge in [-0.05, 0) is 19.4 Å². The van der Waals surface area contributed by atoms with E-state index in [0.717, 1.165) is 6.42 Å². The first kappa shape index (κ1) is 11.0. The number of nitrogens with zero attached hydrogens (tertiary/aromatic N) is 2. The SMILES string of the molecule is CC1(C)C/C(=c2/c3ccccc3c3cncn23)CO1. The van der Waals surface area contributed by atoms with Gasteiger partial charge < -0.3 is 4.74 Å².